The maximum absolute atomic E-state index is 12.4. The molecular weight excluding hydrogens is 390 g/mol. The van der Waals surface area contributed by atoms with Gasteiger partial charge in [-0.1, -0.05) is 6.07 Å². The van der Waals surface area contributed by atoms with E-state index in [-0.39, 0.29) is 5.88 Å². The maximum atomic E-state index is 12.4. The standard InChI is InChI=1S/C17H16F2N6O2S/c1-17(2,11-4-3-5-13(22-11)27-16(18)19)23-12-7-6-9(24-25-12)15-21-8-10(28-15)14(20)26/h3-8,16H,1-2H3,(H2,20,26)(H,23,25). The Kier molecular flexibility index (Phi) is 5.45. The van der Waals surface area contributed by atoms with Gasteiger partial charge in [-0.2, -0.15) is 8.78 Å². The average molecular weight is 406 g/mol. The van der Waals surface area contributed by atoms with Gasteiger partial charge in [-0.15, -0.1) is 21.5 Å². The quantitative estimate of drug-likeness (QED) is 0.619. The van der Waals surface area contributed by atoms with Crippen molar-refractivity contribution >= 4 is 23.1 Å². The fourth-order valence-corrected chi connectivity index (χ4v) is 3.06. The summed E-state index contributed by atoms with van der Waals surface area (Å²) in [5.74, 6) is -0.275. The number of hydrogen-bond donors (Lipinski definition) is 2. The van der Waals surface area contributed by atoms with Crippen LogP contribution >= 0.6 is 11.3 Å². The minimum atomic E-state index is -2.95. The van der Waals surface area contributed by atoms with Gasteiger partial charge in [0.2, 0.25) is 5.88 Å². The smallest absolute Gasteiger partial charge is 0.388 e. The van der Waals surface area contributed by atoms with Crippen LogP contribution in [0.4, 0.5) is 14.6 Å². The Morgan fingerprint density at radius 1 is 1.25 bits per heavy atom. The number of primary amides is 1. The summed E-state index contributed by atoms with van der Waals surface area (Å²) in [6.45, 7) is 0.687. The summed E-state index contributed by atoms with van der Waals surface area (Å²) in [6, 6.07) is 8.01. The number of halogens is 2. The van der Waals surface area contributed by atoms with E-state index >= 15 is 0 Å². The van der Waals surface area contributed by atoms with E-state index in [1.165, 1.54) is 12.3 Å². The molecule has 0 radical (unpaired) electrons. The van der Waals surface area contributed by atoms with Gasteiger partial charge in [0.15, 0.2) is 0 Å². The number of anilines is 1. The van der Waals surface area contributed by atoms with E-state index in [1.54, 1.807) is 24.3 Å². The number of nitrogens with one attached hydrogen (secondary N) is 1. The molecule has 0 saturated heterocycles. The minimum absolute atomic E-state index is 0.169. The number of carbonyl (C=O) groups is 1. The van der Waals surface area contributed by atoms with Crippen molar-refractivity contribution in [2.45, 2.75) is 26.0 Å². The molecule has 146 valence electrons. The third-order valence-electron chi connectivity index (χ3n) is 3.65. The molecule has 0 aromatic carbocycles. The second-order valence-corrected chi connectivity index (χ2v) is 7.22. The van der Waals surface area contributed by atoms with Crippen molar-refractivity contribution in [3.8, 4) is 16.6 Å². The van der Waals surface area contributed by atoms with Crippen LogP contribution in [0.15, 0.2) is 36.5 Å². The molecule has 0 spiro atoms. The van der Waals surface area contributed by atoms with E-state index < -0.39 is 18.1 Å². The Morgan fingerprint density at radius 2 is 2.04 bits per heavy atom. The number of alkyl halides is 2. The lowest BCUT2D eigenvalue weighted by Crippen LogP contribution is -2.30. The summed E-state index contributed by atoms with van der Waals surface area (Å²) < 4.78 is 29.1. The number of amides is 1. The van der Waals surface area contributed by atoms with Gasteiger partial charge in [0.05, 0.1) is 17.4 Å². The highest BCUT2D eigenvalue weighted by molar-refractivity contribution is 7.16. The molecule has 0 aliphatic heterocycles. The number of carbonyl (C=O) groups excluding carboxylic acids is 1. The molecule has 8 nitrogen and oxygen atoms in total. The van der Waals surface area contributed by atoms with E-state index in [1.807, 2.05) is 13.8 Å². The molecule has 0 aliphatic carbocycles. The van der Waals surface area contributed by atoms with Gasteiger partial charge in [-0.3, -0.25) is 4.79 Å². The maximum Gasteiger partial charge on any atom is 0.388 e. The van der Waals surface area contributed by atoms with Crippen LogP contribution in [0.3, 0.4) is 0 Å². The molecule has 3 heterocycles. The normalized spacial score (nSPS) is 11.5. The second-order valence-electron chi connectivity index (χ2n) is 6.19. The third kappa shape index (κ3) is 4.55. The number of pyridine rings is 1. The molecule has 3 N–H and O–H groups in total. The largest absolute Gasteiger partial charge is 0.417 e. The minimum Gasteiger partial charge on any atom is -0.417 e. The summed E-state index contributed by atoms with van der Waals surface area (Å²) >= 11 is 1.12. The molecule has 3 aromatic heterocycles. The predicted octanol–water partition coefficient (Wildman–Crippen LogP) is 3.04. The lowest BCUT2D eigenvalue weighted by molar-refractivity contribution is -0.0530. The zero-order valence-electron chi connectivity index (χ0n) is 14.9. The lowest BCUT2D eigenvalue weighted by Gasteiger charge is -2.26. The van der Waals surface area contributed by atoms with Crippen LogP contribution < -0.4 is 15.8 Å². The number of nitrogens with two attached hydrogens (primary N) is 1. The summed E-state index contributed by atoms with van der Waals surface area (Å²) in [5, 5.41) is 11.9. The number of thiazole rings is 1. The highest BCUT2D eigenvalue weighted by Gasteiger charge is 2.24. The predicted molar refractivity (Wildman–Crippen MR) is 99.2 cm³/mol. The van der Waals surface area contributed by atoms with Gasteiger partial charge in [0, 0.05) is 6.07 Å². The molecular formula is C17H16F2N6O2S. The van der Waals surface area contributed by atoms with Crippen LogP contribution in [0.25, 0.3) is 10.7 Å². The van der Waals surface area contributed by atoms with Gasteiger partial charge in [-0.05, 0) is 32.0 Å². The molecule has 0 aliphatic rings. The van der Waals surface area contributed by atoms with Crippen LogP contribution in [0, 0.1) is 0 Å². The van der Waals surface area contributed by atoms with Gasteiger partial charge in [0.25, 0.3) is 5.91 Å². The number of ether oxygens (including phenoxy) is 1. The summed E-state index contributed by atoms with van der Waals surface area (Å²) in [5.41, 5.74) is 5.46. The monoisotopic (exact) mass is 406 g/mol. The number of aromatic nitrogens is 4. The molecule has 0 saturated carbocycles. The van der Waals surface area contributed by atoms with Crippen LogP contribution in [-0.4, -0.2) is 32.7 Å². The second kappa shape index (κ2) is 7.80. The first kappa shape index (κ1) is 19.5. The SMILES string of the molecule is CC(C)(Nc1ccc(-c2ncc(C(N)=O)s2)nn1)c1cccc(OC(F)F)n1. The average Bonchev–Trinajstić information content (AvgIpc) is 3.12. The van der Waals surface area contributed by atoms with Gasteiger partial charge >= 0.3 is 6.61 Å². The molecule has 3 rings (SSSR count). The van der Waals surface area contributed by atoms with E-state index in [4.69, 9.17) is 5.73 Å². The van der Waals surface area contributed by atoms with Crippen LogP contribution in [0.5, 0.6) is 5.88 Å². The van der Waals surface area contributed by atoms with Crippen molar-refractivity contribution in [1.29, 1.82) is 0 Å². The first-order valence-electron chi connectivity index (χ1n) is 8.05. The van der Waals surface area contributed by atoms with Gasteiger partial charge < -0.3 is 15.8 Å². The zero-order chi connectivity index (χ0) is 20.3. The third-order valence-corrected chi connectivity index (χ3v) is 4.68. The fourth-order valence-electron chi connectivity index (χ4n) is 2.32. The van der Waals surface area contributed by atoms with E-state index in [0.29, 0.717) is 27.1 Å². The Hall–Kier alpha value is -3.21. The molecule has 0 atom stereocenters. The van der Waals surface area contributed by atoms with E-state index in [2.05, 4.69) is 30.2 Å². The zero-order valence-corrected chi connectivity index (χ0v) is 15.7. The molecule has 0 unspecified atom stereocenters. The molecule has 3 aromatic rings. The van der Waals surface area contributed by atoms with Crippen molar-refractivity contribution < 1.29 is 18.3 Å². The number of hydrogen-bond acceptors (Lipinski definition) is 8. The molecule has 28 heavy (non-hydrogen) atoms. The van der Waals surface area contributed by atoms with Gasteiger partial charge in [0.1, 0.15) is 21.4 Å². The van der Waals surface area contributed by atoms with Crippen molar-refractivity contribution in [3.05, 3.63) is 47.1 Å². The summed E-state index contributed by atoms with van der Waals surface area (Å²) in [7, 11) is 0. The van der Waals surface area contributed by atoms with Crippen molar-refractivity contribution in [3.63, 3.8) is 0 Å². The summed E-state index contributed by atoms with van der Waals surface area (Å²) in [4.78, 5) is 19.7. The highest BCUT2D eigenvalue weighted by atomic mass is 32.1. The van der Waals surface area contributed by atoms with Crippen LogP contribution in [0.1, 0.15) is 29.2 Å². The molecule has 1 amide bonds. The molecule has 0 bridgehead atoms. The first-order chi connectivity index (χ1) is 13.2. The van der Waals surface area contributed by atoms with Crippen molar-refractivity contribution in [2.24, 2.45) is 5.73 Å². The Morgan fingerprint density at radius 3 is 2.64 bits per heavy atom. The van der Waals surface area contributed by atoms with Crippen LogP contribution in [0.2, 0.25) is 0 Å². The Bertz CT molecular complexity index is 978. The summed E-state index contributed by atoms with van der Waals surface area (Å²) in [6.07, 6.45) is 1.39. The Balaban J connectivity index is 1.76. The lowest BCUT2D eigenvalue weighted by atomic mass is 10.00. The topological polar surface area (TPSA) is 116 Å². The first-order valence-corrected chi connectivity index (χ1v) is 8.86. The Labute approximate surface area is 162 Å². The van der Waals surface area contributed by atoms with Crippen molar-refractivity contribution in [2.75, 3.05) is 5.32 Å². The number of nitrogens with zero attached hydrogens (tertiary/aromatic N) is 4. The highest BCUT2D eigenvalue weighted by Crippen LogP contribution is 2.27. The van der Waals surface area contributed by atoms with E-state index in [0.717, 1.165) is 11.3 Å². The van der Waals surface area contributed by atoms with Crippen molar-refractivity contribution in [1.82, 2.24) is 20.2 Å². The van der Waals surface area contributed by atoms with E-state index in [9.17, 15) is 13.6 Å². The van der Waals surface area contributed by atoms with Crippen LogP contribution in [-0.2, 0) is 5.54 Å². The fraction of sp³-hybridized carbons (Fsp3) is 0.235. The number of rotatable bonds is 7. The molecule has 0 fully saturated rings. The van der Waals surface area contributed by atoms with Gasteiger partial charge in [-0.25, -0.2) is 9.97 Å². The molecule has 11 heteroatoms.